The van der Waals surface area contributed by atoms with Gasteiger partial charge < -0.3 is 10.6 Å². The first-order valence-corrected chi connectivity index (χ1v) is 8.28. The summed E-state index contributed by atoms with van der Waals surface area (Å²) >= 11 is 3.01. The lowest BCUT2D eigenvalue weighted by Crippen LogP contribution is -2.04. The quantitative estimate of drug-likeness (QED) is 0.740. The maximum atomic E-state index is 4.46. The molecule has 0 saturated carbocycles. The van der Waals surface area contributed by atoms with E-state index in [1.54, 1.807) is 12.6 Å². The molecule has 6 nitrogen and oxygen atoms in total. The van der Waals surface area contributed by atoms with Crippen LogP contribution in [0.1, 0.15) is 5.69 Å². The molecule has 22 heavy (non-hydrogen) atoms. The smallest absolute Gasteiger partial charge is 0.233 e. The lowest BCUT2D eigenvalue weighted by atomic mass is 10.4. The van der Waals surface area contributed by atoms with Crippen LogP contribution in [-0.2, 0) is 0 Å². The molecule has 0 amide bonds. The standard InChI is InChI=1S/C14H14N6S2/c1-9-11(21-8-16-9)17-13-18-12(15-2)19-14(20-13)22-10-6-4-3-5-7-10/h3-8H,1-2H3,(H2,15,17,18,19,20). The van der Waals surface area contributed by atoms with Gasteiger partial charge in [0.15, 0.2) is 5.16 Å². The van der Waals surface area contributed by atoms with E-state index in [1.807, 2.05) is 37.3 Å². The lowest BCUT2D eigenvalue weighted by molar-refractivity contribution is 0.916. The van der Waals surface area contributed by atoms with E-state index in [1.165, 1.54) is 23.1 Å². The highest BCUT2D eigenvalue weighted by Gasteiger charge is 2.09. The molecule has 0 radical (unpaired) electrons. The van der Waals surface area contributed by atoms with Gasteiger partial charge in [-0.1, -0.05) is 18.2 Å². The van der Waals surface area contributed by atoms with Gasteiger partial charge in [0.05, 0.1) is 11.2 Å². The number of thiazole rings is 1. The Morgan fingerprint density at radius 3 is 2.50 bits per heavy atom. The van der Waals surface area contributed by atoms with Crippen molar-refractivity contribution in [2.75, 3.05) is 17.7 Å². The Hall–Kier alpha value is -2.19. The zero-order valence-corrected chi connectivity index (χ0v) is 13.7. The number of benzene rings is 1. The molecular weight excluding hydrogens is 316 g/mol. The van der Waals surface area contributed by atoms with Gasteiger partial charge >= 0.3 is 0 Å². The molecule has 0 fully saturated rings. The highest BCUT2D eigenvalue weighted by atomic mass is 32.2. The van der Waals surface area contributed by atoms with Crippen molar-refractivity contribution in [3.05, 3.63) is 41.5 Å². The van der Waals surface area contributed by atoms with Crippen LogP contribution in [0.25, 0.3) is 0 Å². The Morgan fingerprint density at radius 1 is 1.05 bits per heavy atom. The third-order valence-corrected chi connectivity index (χ3v) is 4.48. The molecule has 0 bridgehead atoms. The van der Waals surface area contributed by atoms with Crippen molar-refractivity contribution < 1.29 is 0 Å². The van der Waals surface area contributed by atoms with Crippen LogP contribution in [0.5, 0.6) is 0 Å². The van der Waals surface area contributed by atoms with Crippen LogP contribution in [0.4, 0.5) is 16.9 Å². The molecule has 0 spiro atoms. The predicted octanol–water partition coefficient (Wildman–Crippen LogP) is 3.57. The molecule has 3 rings (SSSR count). The predicted molar refractivity (Wildman–Crippen MR) is 90.1 cm³/mol. The van der Waals surface area contributed by atoms with Crippen molar-refractivity contribution in [3.63, 3.8) is 0 Å². The zero-order chi connectivity index (χ0) is 15.4. The van der Waals surface area contributed by atoms with Crippen molar-refractivity contribution in [1.29, 1.82) is 0 Å². The number of hydrogen-bond acceptors (Lipinski definition) is 8. The summed E-state index contributed by atoms with van der Waals surface area (Å²) < 4.78 is 0. The fraction of sp³-hybridized carbons (Fsp3) is 0.143. The van der Waals surface area contributed by atoms with Crippen LogP contribution in [0, 0.1) is 6.92 Å². The molecule has 0 unspecified atom stereocenters. The fourth-order valence-corrected chi connectivity index (χ4v) is 3.15. The van der Waals surface area contributed by atoms with Crippen LogP contribution < -0.4 is 10.6 Å². The second-order valence-corrected chi connectivity index (χ2v) is 6.22. The van der Waals surface area contributed by atoms with Crippen LogP contribution >= 0.6 is 23.1 Å². The van der Waals surface area contributed by atoms with E-state index in [0.29, 0.717) is 17.1 Å². The maximum Gasteiger partial charge on any atom is 0.233 e. The van der Waals surface area contributed by atoms with Gasteiger partial charge in [0.2, 0.25) is 11.9 Å². The van der Waals surface area contributed by atoms with E-state index in [-0.39, 0.29) is 0 Å². The number of nitrogens with one attached hydrogen (secondary N) is 2. The van der Waals surface area contributed by atoms with Crippen molar-refractivity contribution in [1.82, 2.24) is 19.9 Å². The summed E-state index contributed by atoms with van der Waals surface area (Å²) in [5.41, 5.74) is 2.71. The molecule has 0 aliphatic heterocycles. The van der Waals surface area contributed by atoms with Gasteiger partial charge in [-0.2, -0.15) is 15.0 Å². The summed E-state index contributed by atoms with van der Waals surface area (Å²) in [6, 6.07) is 10.0. The Bertz CT molecular complexity index is 759. The Balaban J connectivity index is 1.87. The van der Waals surface area contributed by atoms with E-state index >= 15 is 0 Å². The summed E-state index contributed by atoms with van der Waals surface area (Å²) in [6.07, 6.45) is 0. The van der Waals surface area contributed by atoms with Crippen LogP contribution in [0.3, 0.4) is 0 Å². The molecule has 2 N–H and O–H groups in total. The van der Waals surface area contributed by atoms with E-state index in [4.69, 9.17) is 0 Å². The van der Waals surface area contributed by atoms with Gasteiger partial charge in [-0.25, -0.2) is 4.98 Å². The Morgan fingerprint density at radius 2 is 1.82 bits per heavy atom. The van der Waals surface area contributed by atoms with Gasteiger partial charge in [-0.05, 0) is 30.8 Å². The van der Waals surface area contributed by atoms with Crippen LogP contribution in [-0.4, -0.2) is 27.0 Å². The minimum absolute atomic E-state index is 0.505. The van der Waals surface area contributed by atoms with E-state index in [9.17, 15) is 0 Å². The monoisotopic (exact) mass is 330 g/mol. The van der Waals surface area contributed by atoms with Gasteiger partial charge in [0.1, 0.15) is 5.00 Å². The average molecular weight is 330 g/mol. The van der Waals surface area contributed by atoms with Gasteiger partial charge in [-0.15, -0.1) is 11.3 Å². The second kappa shape index (κ2) is 6.71. The molecular formula is C14H14N6S2. The molecule has 0 aliphatic carbocycles. The van der Waals surface area contributed by atoms with Crippen LogP contribution in [0.2, 0.25) is 0 Å². The molecule has 0 atom stereocenters. The molecule has 3 aromatic rings. The summed E-state index contributed by atoms with van der Waals surface area (Å²) in [6.45, 7) is 1.94. The zero-order valence-electron chi connectivity index (χ0n) is 12.1. The molecule has 8 heteroatoms. The number of nitrogens with zero attached hydrogens (tertiary/aromatic N) is 4. The Labute approximate surface area is 136 Å². The molecule has 0 saturated heterocycles. The summed E-state index contributed by atoms with van der Waals surface area (Å²) in [5.74, 6) is 1.03. The summed E-state index contributed by atoms with van der Waals surface area (Å²) in [4.78, 5) is 18.5. The number of rotatable bonds is 5. The first kappa shape index (κ1) is 14.7. The SMILES string of the molecule is CNc1nc(Nc2scnc2C)nc(Sc2ccccc2)n1. The van der Waals surface area contributed by atoms with Crippen molar-refractivity contribution in [3.8, 4) is 0 Å². The number of hydrogen-bond donors (Lipinski definition) is 2. The van der Waals surface area contributed by atoms with Crippen LogP contribution in [0.15, 0.2) is 45.9 Å². The molecule has 2 heterocycles. The Kier molecular flexibility index (Phi) is 4.50. The van der Waals surface area contributed by atoms with E-state index in [0.717, 1.165) is 15.6 Å². The largest absolute Gasteiger partial charge is 0.357 e. The first-order chi connectivity index (χ1) is 10.7. The molecule has 1 aromatic carbocycles. The highest BCUT2D eigenvalue weighted by Crippen LogP contribution is 2.27. The van der Waals surface area contributed by atoms with E-state index < -0.39 is 0 Å². The summed E-state index contributed by atoms with van der Waals surface area (Å²) in [7, 11) is 1.79. The number of aryl methyl sites for hydroxylation is 1. The topological polar surface area (TPSA) is 75.6 Å². The van der Waals surface area contributed by atoms with Gasteiger partial charge in [0.25, 0.3) is 0 Å². The minimum atomic E-state index is 0.505. The maximum absolute atomic E-state index is 4.46. The van der Waals surface area contributed by atoms with Crippen molar-refractivity contribution >= 4 is 40.0 Å². The first-order valence-electron chi connectivity index (χ1n) is 6.58. The van der Waals surface area contributed by atoms with Gasteiger partial charge in [0, 0.05) is 11.9 Å². The third kappa shape index (κ3) is 3.52. The second-order valence-electron chi connectivity index (χ2n) is 4.32. The molecule has 112 valence electrons. The van der Waals surface area contributed by atoms with Crippen molar-refractivity contribution in [2.45, 2.75) is 17.0 Å². The molecule has 0 aliphatic rings. The lowest BCUT2D eigenvalue weighted by Gasteiger charge is -2.07. The normalized spacial score (nSPS) is 10.5. The summed E-state index contributed by atoms with van der Waals surface area (Å²) in [5, 5.41) is 7.72. The average Bonchev–Trinajstić information content (AvgIpc) is 2.93. The molecule has 2 aromatic heterocycles. The number of anilines is 3. The van der Waals surface area contributed by atoms with Crippen molar-refractivity contribution in [2.24, 2.45) is 0 Å². The number of aromatic nitrogens is 4. The highest BCUT2D eigenvalue weighted by molar-refractivity contribution is 7.99. The fourth-order valence-electron chi connectivity index (χ4n) is 1.69. The van der Waals surface area contributed by atoms with Gasteiger partial charge in [-0.3, -0.25) is 0 Å². The van der Waals surface area contributed by atoms with E-state index in [2.05, 4.69) is 30.6 Å². The third-order valence-electron chi connectivity index (χ3n) is 2.76. The minimum Gasteiger partial charge on any atom is -0.357 e.